The summed E-state index contributed by atoms with van der Waals surface area (Å²) in [7, 11) is 0.248. The van der Waals surface area contributed by atoms with Crippen LogP contribution in [-0.2, 0) is 14.8 Å². The molecular formula is C16H25N3O4S. The Balaban J connectivity index is 2.79. The second-order valence-corrected chi connectivity index (χ2v) is 7.75. The third-order valence-corrected chi connectivity index (χ3v) is 4.56. The van der Waals surface area contributed by atoms with Gasteiger partial charge in [0.15, 0.2) is 5.78 Å². The molecule has 0 heterocycles. The van der Waals surface area contributed by atoms with Gasteiger partial charge in [-0.2, -0.15) is 0 Å². The average molecular weight is 355 g/mol. The Hall–Kier alpha value is -1.93. The summed E-state index contributed by atoms with van der Waals surface area (Å²) in [6.45, 7) is 2.66. The molecule has 1 N–H and O–H groups in total. The Morgan fingerprint density at radius 3 is 2.38 bits per heavy atom. The van der Waals surface area contributed by atoms with Crippen LogP contribution < -0.4 is 9.62 Å². The monoisotopic (exact) mass is 355 g/mol. The van der Waals surface area contributed by atoms with Gasteiger partial charge in [0, 0.05) is 31.6 Å². The number of carbonyl (C=O) groups excluding carboxylic acids is 2. The minimum absolute atomic E-state index is 0.0218. The number of nitrogens with one attached hydrogen (secondary N) is 1. The predicted molar refractivity (Wildman–Crippen MR) is 94.8 cm³/mol. The summed E-state index contributed by atoms with van der Waals surface area (Å²) < 4.78 is 25.2. The van der Waals surface area contributed by atoms with E-state index in [9.17, 15) is 18.0 Å². The molecule has 0 fully saturated rings. The van der Waals surface area contributed by atoms with Gasteiger partial charge in [0.25, 0.3) is 0 Å². The van der Waals surface area contributed by atoms with E-state index >= 15 is 0 Å². The highest BCUT2D eigenvalue weighted by atomic mass is 32.2. The van der Waals surface area contributed by atoms with E-state index in [1.54, 1.807) is 18.2 Å². The van der Waals surface area contributed by atoms with E-state index < -0.39 is 10.0 Å². The summed E-state index contributed by atoms with van der Waals surface area (Å²) in [4.78, 5) is 25.3. The predicted octanol–water partition coefficient (Wildman–Crippen LogP) is 0.723. The molecule has 0 saturated heterocycles. The number of rotatable bonds is 9. The Bertz CT molecular complexity index is 686. The molecule has 0 bridgehead atoms. The number of carbonyl (C=O) groups is 2. The average Bonchev–Trinajstić information content (AvgIpc) is 2.46. The van der Waals surface area contributed by atoms with E-state index in [0.29, 0.717) is 24.3 Å². The molecule has 8 heteroatoms. The zero-order valence-electron chi connectivity index (χ0n) is 14.6. The van der Waals surface area contributed by atoms with E-state index in [2.05, 4.69) is 5.32 Å². The maximum Gasteiger partial charge on any atom is 0.232 e. The number of likely N-dealkylation sites (N-methyl/N-ethyl adjacent to an activating group) is 1. The summed E-state index contributed by atoms with van der Waals surface area (Å²) in [6.07, 6.45) is 1.13. The molecule has 24 heavy (non-hydrogen) atoms. The van der Waals surface area contributed by atoms with Crippen LogP contribution >= 0.6 is 0 Å². The Labute approximate surface area is 143 Å². The van der Waals surface area contributed by atoms with Crippen molar-refractivity contribution in [2.75, 3.05) is 44.3 Å². The Kier molecular flexibility index (Phi) is 7.37. The highest BCUT2D eigenvalue weighted by Crippen LogP contribution is 2.19. The maximum atomic E-state index is 12.0. The van der Waals surface area contributed by atoms with Crippen LogP contribution in [0.1, 0.15) is 23.7 Å². The number of Topliss-reactive ketones (excluding diaryl/α,β-unsaturated/α-hetero) is 1. The Morgan fingerprint density at radius 1 is 1.17 bits per heavy atom. The zero-order chi connectivity index (χ0) is 18.3. The van der Waals surface area contributed by atoms with Crippen LogP contribution in [0.25, 0.3) is 0 Å². The van der Waals surface area contributed by atoms with Crippen molar-refractivity contribution in [3.8, 4) is 0 Å². The lowest BCUT2D eigenvalue weighted by molar-refractivity contribution is -0.120. The van der Waals surface area contributed by atoms with Gasteiger partial charge in [0.1, 0.15) is 0 Å². The van der Waals surface area contributed by atoms with Crippen LogP contribution in [0.15, 0.2) is 24.3 Å². The van der Waals surface area contributed by atoms with Crippen molar-refractivity contribution in [2.24, 2.45) is 0 Å². The first-order chi connectivity index (χ1) is 11.1. The number of hydrogen-bond acceptors (Lipinski definition) is 5. The molecule has 1 rings (SSSR count). The molecule has 0 unspecified atom stereocenters. The lowest BCUT2D eigenvalue weighted by Crippen LogP contribution is -2.36. The van der Waals surface area contributed by atoms with Crippen molar-refractivity contribution in [1.82, 2.24) is 10.2 Å². The first-order valence-corrected chi connectivity index (χ1v) is 9.46. The summed E-state index contributed by atoms with van der Waals surface area (Å²) in [5.74, 6) is -0.361. The molecule has 0 aromatic heterocycles. The van der Waals surface area contributed by atoms with Gasteiger partial charge in [0.05, 0.1) is 11.9 Å². The van der Waals surface area contributed by atoms with Gasteiger partial charge in [-0.15, -0.1) is 0 Å². The van der Waals surface area contributed by atoms with E-state index in [1.165, 1.54) is 13.0 Å². The van der Waals surface area contributed by atoms with Crippen LogP contribution in [0.3, 0.4) is 0 Å². The van der Waals surface area contributed by atoms with Crippen LogP contribution in [0.5, 0.6) is 0 Å². The lowest BCUT2D eigenvalue weighted by atomic mass is 10.1. The molecule has 0 aliphatic rings. The fourth-order valence-corrected chi connectivity index (χ4v) is 3.00. The number of hydrogen-bond donors (Lipinski definition) is 1. The van der Waals surface area contributed by atoms with Gasteiger partial charge in [-0.05, 0) is 33.2 Å². The molecule has 0 aliphatic carbocycles. The number of ketones is 1. The van der Waals surface area contributed by atoms with Crippen LogP contribution in [0.4, 0.5) is 5.69 Å². The second kappa shape index (κ2) is 8.79. The van der Waals surface area contributed by atoms with Gasteiger partial charge in [-0.1, -0.05) is 12.1 Å². The maximum absolute atomic E-state index is 12.0. The smallest absolute Gasteiger partial charge is 0.232 e. The normalized spacial score (nSPS) is 11.4. The van der Waals surface area contributed by atoms with Gasteiger partial charge in [0.2, 0.25) is 15.9 Å². The first-order valence-electron chi connectivity index (χ1n) is 7.61. The molecule has 7 nitrogen and oxygen atoms in total. The molecule has 134 valence electrons. The molecule has 0 atom stereocenters. The van der Waals surface area contributed by atoms with E-state index in [0.717, 1.165) is 10.6 Å². The fraction of sp³-hybridized carbons (Fsp3) is 0.500. The summed E-state index contributed by atoms with van der Waals surface area (Å²) in [5.41, 5.74) is 0.808. The molecule has 1 amide bonds. The SMILES string of the molecule is CC(=O)c1cccc(N(CCC(=O)NCCN(C)C)S(C)(=O)=O)c1. The standard InChI is InChI=1S/C16H25N3O4S/c1-13(20)14-6-5-7-15(12-14)19(24(4,22)23)10-8-16(21)17-9-11-18(2)3/h5-7,12H,8-11H2,1-4H3,(H,17,21). The van der Waals surface area contributed by atoms with E-state index in [1.807, 2.05) is 19.0 Å². The van der Waals surface area contributed by atoms with Crippen molar-refractivity contribution in [3.05, 3.63) is 29.8 Å². The number of amides is 1. The fourth-order valence-electron chi connectivity index (χ4n) is 2.08. The third-order valence-electron chi connectivity index (χ3n) is 3.36. The number of benzene rings is 1. The highest BCUT2D eigenvalue weighted by Gasteiger charge is 2.19. The molecule has 1 aromatic carbocycles. The lowest BCUT2D eigenvalue weighted by Gasteiger charge is -2.22. The number of sulfonamides is 1. The van der Waals surface area contributed by atoms with Crippen LogP contribution in [-0.4, -0.2) is 65.0 Å². The zero-order valence-corrected chi connectivity index (χ0v) is 15.4. The van der Waals surface area contributed by atoms with E-state index in [-0.39, 0.29) is 24.7 Å². The summed E-state index contributed by atoms with van der Waals surface area (Å²) in [6, 6.07) is 6.38. The number of anilines is 1. The topological polar surface area (TPSA) is 86.8 Å². The van der Waals surface area contributed by atoms with Crippen molar-refractivity contribution in [1.29, 1.82) is 0 Å². The quantitative estimate of drug-likeness (QED) is 0.660. The van der Waals surface area contributed by atoms with Crippen LogP contribution in [0, 0.1) is 0 Å². The summed E-state index contributed by atoms with van der Waals surface area (Å²) in [5, 5.41) is 2.75. The van der Waals surface area contributed by atoms with Gasteiger partial charge < -0.3 is 10.2 Å². The number of nitrogens with zero attached hydrogens (tertiary/aromatic N) is 2. The van der Waals surface area contributed by atoms with Crippen LogP contribution in [0.2, 0.25) is 0 Å². The molecule has 0 radical (unpaired) electrons. The van der Waals surface area contributed by atoms with Crippen molar-refractivity contribution < 1.29 is 18.0 Å². The van der Waals surface area contributed by atoms with Gasteiger partial charge in [-0.3, -0.25) is 13.9 Å². The Morgan fingerprint density at radius 2 is 1.83 bits per heavy atom. The third kappa shape index (κ3) is 6.67. The summed E-state index contributed by atoms with van der Waals surface area (Å²) >= 11 is 0. The van der Waals surface area contributed by atoms with Gasteiger partial charge in [-0.25, -0.2) is 8.42 Å². The molecular weight excluding hydrogens is 330 g/mol. The van der Waals surface area contributed by atoms with E-state index in [4.69, 9.17) is 0 Å². The molecule has 0 saturated carbocycles. The highest BCUT2D eigenvalue weighted by molar-refractivity contribution is 7.92. The second-order valence-electron chi connectivity index (χ2n) is 5.84. The minimum Gasteiger partial charge on any atom is -0.355 e. The van der Waals surface area contributed by atoms with Crippen molar-refractivity contribution in [3.63, 3.8) is 0 Å². The molecule has 0 aliphatic heterocycles. The first kappa shape index (κ1) is 20.1. The van der Waals surface area contributed by atoms with Gasteiger partial charge >= 0.3 is 0 Å². The van der Waals surface area contributed by atoms with Crippen molar-refractivity contribution in [2.45, 2.75) is 13.3 Å². The minimum atomic E-state index is -3.56. The largest absolute Gasteiger partial charge is 0.355 e. The molecule has 1 aromatic rings. The molecule has 0 spiro atoms. The van der Waals surface area contributed by atoms with Crippen molar-refractivity contribution >= 4 is 27.4 Å².